The summed E-state index contributed by atoms with van der Waals surface area (Å²) in [5, 5.41) is 0. The van der Waals surface area contributed by atoms with Gasteiger partial charge in [0.2, 0.25) is 0 Å². The fourth-order valence-corrected chi connectivity index (χ4v) is 15.6. The molecule has 24 heavy (non-hydrogen) atoms. The van der Waals surface area contributed by atoms with Crippen molar-refractivity contribution >= 4 is 88.7 Å². The van der Waals surface area contributed by atoms with E-state index in [-0.39, 0.29) is 0 Å². The van der Waals surface area contributed by atoms with E-state index in [9.17, 15) is 0 Å². The molecule has 0 atom stereocenters. The molecule has 0 spiro atoms. The Morgan fingerprint density at radius 1 is 0.792 bits per heavy atom. The third kappa shape index (κ3) is 3.79. The molecule has 0 aromatic carbocycles. The monoisotopic (exact) mass is 575 g/mol. The molecule has 1 aliphatic heterocycles. The molecule has 2 aromatic rings. The van der Waals surface area contributed by atoms with Crippen molar-refractivity contribution in [1.29, 1.82) is 0 Å². The van der Waals surface area contributed by atoms with Crippen molar-refractivity contribution in [3.8, 4) is 0 Å². The molecule has 0 saturated carbocycles. The van der Waals surface area contributed by atoms with Gasteiger partial charge in [-0.25, -0.2) is 0 Å². The van der Waals surface area contributed by atoms with Crippen LogP contribution >= 0.6 is 22.7 Å². The summed E-state index contributed by atoms with van der Waals surface area (Å²) < 4.78 is 3.38. The summed E-state index contributed by atoms with van der Waals surface area (Å²) >= 11 is 0.0634. The zero-order valence-corrected chi connectivity index (χ0v) is 23.3. The fraction of sp³-hybridized carbons (Fsp3) is 0.474. The third-order valence-electron chi connectivity index (χ3n) is 4.37. The molecule has 0 saturated heterocycles. The van der Waals surface area contributed by atoms with E-state index in [1.54, 1.807) is 5.79 Å². The van der Waals surface area contributed by atoms with Crippen LogP contribution in [0.5, 0.6) is 0 Å². The van der Waals surface area contributed by atoms with Crippen molar-refractivity contribution in [3.05, 3.63) is 21.9 Å². The Balaban J connectivity index is 2.14. The molecule has 0 bridgehead atoms. The Labute approximate surface area is 163 Å². The molecule has 2 aromatic heterocycles. The second-order valence-corrected chi connectivity index (χ2v) is 41.7. The van der Waals surface area contributed by atoms with E-state index in [4.69, 9.17) is 0 Å². The molecule has 5 heteroatoms. The Morgan fingerprint density at radius 2 is 1.21 bits per heavy atom. The maximum atomic E-state index is 2.61. The third-order valence-corrected chi connectivity index (χ3v) is 25.4. The molecule has 0 amide bonds. The number of nitrogens with zero attached hydrogens (tertiary/aromatic N) is 1. The van der Waals surface area contributed by atoms with Crippen LogP contribution in [0.15, 0.2) is 12.1 Å². The molecule has 0 unspecified atom stereocenters. The van der Waals surface area contributed by atoms with Gasteiger partial charge in [0.05, 0.1) is 0 Å². The van der Waals surface area contributed by atoms with Crippen LogP contribution in [0, 0.1) is 0 Å². The van der Waals surface area contributed by atoms with Crippen molar-refractivity contribution in [2.45, 2.75) is 43.0 Å². The van der Waals surface area contributed by atoms with Crippen LogP contribution in [0.4, 0.5) is 11.4 Å². The summed E-state index contributed by atoms with van der Waals surface area (Å²) in [6.07, 6.45) is 5.95. The summed E-state index contributed by atoms with van der Waals surface area (Å²) in [5.41, 5.74) is 2.93. The van der Waals surface area contributed by atoms with Crippen LogP contribution < -0.4 is 10.7 Å². The van der Waals surface area contributed by atoms with E-state index < -0.39 is 36.8 Å². The van der Waals surface area contributed by atoms with E-state index in [0.717, 1.165) is 6.54 Å². The second kappa shape index (κ2) is 6.93. The Bertz CT molecular complexity index is 710. The average Bonchev–Trinajstić information content (AvgIpc) is 3.04. The van der Waals surface area contributed by atoms with Crippen molar-refractivity contribution in [2.75, 3.05) is 11.4 Å². The normalized spacial score (nSPS) is 14.5. The molecule has 1 nitrogen and oxygen atoms in total. The van der Waals surface area contributed by atoms with Gasteiger partial charge in [0.25, 0.3) is 0 Å². The molecular weight excluding hydrogens is 544 g/mol. The average molecular weight is 573 g/mol. The molecule has 0 N–H and O–H groups in total. The molecule has 130 valence electrons. The number of fused-ring (bicyclic) bond motifs is 2. The molecule has 0 fully saturated rings. The van der Waals surface area contributed by atoms with Crippen molar-refractivity contribution < 1.29 is 0 Å². The van der Waals surface area contributed by atoms with Gasteiger partial charge in [0, 0.05) is 0 Å². The molecule has 0 radical (unpaired) electrons. The molecule has 0 aliphatic carbocycles. The van der Waals surface area contributed by atoms with Gasteiger partial charge in [-0.3, -0.25) is 0 Å². The number of rotatable bonds is 4. The van der Waals surface area contributed by atoms with Crippen molar-refractivity contribution in [3.63, 3.8) is 0 Å². The van der Waals surface area contributed by atoms with Gasteiger partial charge >= 0.3 is 165 Å². The predicted molar refractivity (Wildman–Crippen MR) is 121 cm³/mol. The molecule has 3 rings (SSSR count). The van der Waals surface area contributed by atoms with Gasteiger partial charge in [-0.05, 0) is 0 Å². The number of thiophene rings is 2. The van der Waals surface area contributed by atoms with Crippen LogP contribution in [0.1, 0.15) is 23.1 Å². The molecule has 1 aliphatic rings. The van der Waals surface area contributed by atoms with Crippen LogP contribution in [-0.2, 0) is 0 Å². The summed E-state index contributed by atoms with van der Waals surface area (Å²) in [6.45, 7) is 3.41. The van der Waals surface area contributed by atoms with Crippen LogP contribution in [0.25, 0.3) is 12.2 Å². The first-order chi connectivity index (χ1) is 11.1. The minimum absolute atomic E-state index is 1.12. The van der Waals surface area contributed by atoms with E-state index in [1.807, 2.05) is 0 Å². The van der Waals surface area contributed by atoms with E-state index in [0.29, 0.717) is 0 Å². The maximum absolute atomic E-state index is 2.61. The van der Waals surface area contributed by atoms with E-state index in [2.05, 4.69) is 88.4 Å². The first-order valence-corrected chi connectivity index (χ1v) is 30.5. The quantitative estimate of drug-likeness (QED) is 0.411. The van der Waals surface area contributed by atoms with Gasteiger partial charge in [0.15, 0.2) is 0 Å². The Kier molecular flexibility index (Phi) is 5.57. The van der Waals surface area contributed by atoms with E-state index in [1.165, 1.54) is 27.5 Å². The first-order valence-electron chi connectivity index (χ1n) is 8.85. The van der Waals surface area contributed by atoms with Gasteiger partial charge in [-0.15, -0.1) is 0 Å². The second-order valence-electron chi connectivity index (χ2n) is 8.71. The van der Waals surface area contributed by atoms with Crippen LogP contribution in [-0.4, -0.2) is 43.3 Å². The van der Waals surface area contributed by atoms with E-state index >= 15 is 0 Å². The van der Waals surface area contributed by atoms with Crippen molar-refractivity contribution in [2.24, 2.45) is 0 Å². The minimum atomic E-state index is -2.02. The van der Waals surface area contributed by atoms with Gasteiger partial charge in [0.1, 0.15) is 0 Å². The van der Waals surface area contributed by atoms with Gasteiger partial charge < -0.3 is 0 Å². The zero-order chi connectivity index (χ0) is 17.7. The van der Waals surface area contributed by atoms with Gasteiger partial charge in [-0.2, -0.15) is 0 Å². The number of hydrogen-bond donors (Lipinski definition) is 0. The van der Waals surface area contributed by atoms with Crippen molar-refractivity contribution in [1.82, 2.24) is 0 Å². The summed E-state index contributed by atoms with van der Waals surface area (Å²) in [6, 6.07) is 5.06. The summed E-state index contributed by atoms with van der Waals surface area (Å²) in [7, 11) is 0. The first kappa shape index (κ1) is 19.3. The zero-order valence-electron chi connectivity index (χ0n) is 16.0. The van der Waals surface area contributed by atoms with Crippen LogP contribution in [0.3, 0.4) is 0 Å². The molecular formula is C19H29NS2Sn2. The number of anilines is 2. The predicted octanol–water partition coefficient (Wildman–Crippen LogP) is 5.93. The summed E-state index contributed by atoms with van der Waals surface area (Å²) in [5.74, 6) is 0. The van der Waals surface area contributed by atoms with Crippen LogP contribution in [0.2, 0.25) is 29.6 Å². The standard InChI is InChI=1S/C13H11NS2.6CH3.2Sn/c1-2-7-14-10-5-8-15-12(10)3-4-13-11(14)6-9-16-13;;;;;;;;/h3-6H,2,7H2,1H3;6*1H3;;. The van der Waals surface area contributed by atoms with Gasteiger partial charge in [-0.1, -0.05) is 0 Å². The Morgan fingerprint density at radius 3 is 1.54 bits per heavy atom. The topological polar surface area (TPSA) is 3.24 Å². The SMILES string of the molecule is CCCN1c2c[c]([Sn]([CH3])([CH3])[CH3])sc2C=Cc2s[c]([Sn]([CH3])([CH3])[CH3])cc21. The number of hydrogen-bond acceptors (Lipinski definition) is 3. The molecule has 3 heterocycles. The Hall–Kier alpha value is 0.537. The summed E-state index contributed by atoms with van der Waals surface area (Å²) in [4.78, 5) is 20.7. The fourth-order valence-electron chi connectivity index (χ4n) is 2.94.